The van der Waals surface area contributed by atoms with Crippen molar-refractivity contribution in [2.75, 3.05) is 11.9 Å². The number of carbonyl (C=O) groups excluding carboxylic acids is 1. The van der Waals surface area contributed by atoms with Gasteiger partial charge in [-0.25, -0.2) is 4.39 Å². The van der Waals surface area contributed by atoms with E-state index >= 15 is 0 Å². The second-order valence-electron chi connectivity index (χ2n) is 5.46. The standard InChI is InChI=1S/C17H17FN2O3/c18-13-3-1-2-11(6-13)16(21)8-17(22)20-14-7-12-10-23-5-4-15(12)19-9-14/h1-3,6-7,9,16,21H,4-5,8,10H2,(H,20,22). The molecule has 1 aliphatic rings. The lowest BCUT2D eigenvalue weighted by atomic mass is 10.1. The number of nitrogens with one attached hydrogen (secondary N) is 1. The topological polar surface area (TPSA) is 71.5 Å². The maximum absolute atomic E-state index is 13.1. The van der Waals surface area contributed by atoms with Crippen LogP contribution in [-0.4, -0.2) is 22.6 Å². The summed E-state index contributed by atoms with van der Waals surface area (Å²) in [6.07, 6.45) is 1.15. The lowest BCUT2D eigenvalue weighted by molar-refractivity contribution is -0.118. The minimum Gasteiger partial charge on any atom is -0.388 e. The molecule has 2 aromatic rings. The van der Waals surface area contributed by atoms with Crippen molar-refractivity contribution in [2.24, 2.45) is 0 Å². The van der Waals surface area contributed by atoms with Gasteiger partial charge in [0.2, 0.25) is 5.91 Å². The van der Waals surface area contributed by atoms with Gasteiger partial charge in [0.25, 0.3) is 0 Å². The molecule has 3 rings (SSSR count). The number of hydrogen-bond donors (Lipinski definition) is 2. The molecule has 1 aromatic carbocycles. The zero-order valence-electron chi connectivity index (χ0n) is 12.5. The molecule has 5 nitrogen and oxygen atoms in total. The number of pyridine rings is 1. The van der Waals surface area contributed by atoms with Crippen molar-refractivity contribution in [1.82, 2.24) is 4.98 Å². The van der Waals surface area contributed by atoms with Crippen LogP contribution in [0.15, 0.2) is 36.5 Å². The summed E-state index contributed by atoms with van der Waals surface area (Å²) >= 11 is 0. The van der Waals surface area contributed by atoms with E-state index in [0.717, 1.165) is 17.7 Å². The van der Waals surface area contributed by atoms with Crippen molar-refractivity contribution in [3.05, 3.63) is 59.2 Å². The molecule has 1 amide bonds. The first-order chi connectivity index (χ1) is 11.1. The summed E-state index contributed by atoms with van der Waals surface area (Å²) in [6, 6.07) is 7.42. The molecule has 2 heterocycles. The molecule has 0 fully saturated rings. The smallest absolute Gasteiger partial charge is 0.227 e. The number of rotatable bonds is 4. The normalized spacial score (nSPS) is 14.9. The molecule has 0 spiro atoms. The number of ether oxygens (including phenoxy) is 1. The monoisotopic (exact) mass is 316 g/mol. The van der Waals surface area contributed by atoms with Crippen LogP contribution in [0.5, 0.6) is 0 Å². The van der Waals surface area contributed by atoms with Crippen LogP contribution in [0.2, 0.25) is 0 Å². The van der Waals surface area contributed by atoms with Crippen molar-refractivity contribution in [2.45, 2.75) is 25.6 Å². The van der Waals surface area contributed by atoms with E-state index in [1.165, 1.54) is 18.2 Å². The van der Waals surface area contributed by atoms with Crippen molar-refractivity contribution < 1.29 is 19.0 Å². The van der Waals surface area contributed by atoms with Gasteiger partial charge in [-0.2, -0.15) is 0 Å². The number of anilines is 1. The van der Waals surface area contributed by atoms with Crippen LogP contribution in [0.25, 0.3) is 0 Å². The average Bonchev–Trinajstić information content (AvgIpc) is 2.54. The van der Waals surface area contributed by atoms with Gasteiger partial charge < -0.3 is 15.2 Å². The van der Waals surface area contributed by atoms with Crippen molar-refractivity contribution >= 4 is 11.6 Å². The lowest BCUT2D eigenvalue weighted by Crippen LogP contribution is -2.17. The quantitative estimate of drug-likeness (QED) is 0.908. The lowest BCUT2D eigenvalue weighted by Gasteiger charge is -2.17. The van der Waals surface area contributed by atoms with E-state index in [4.69, 9.17) is 4.74 Å². The summed E-state index contributed by atoms with van der Waals surface area (Å²) in [5.74, 6) is -0.805. The average molecular weight is 316 g/mol. The maximum Gasteiger partial charge on any atom is 0.227 e. The number of benzene rings is 1. The highest BCUT2D eigenvalue weighted by Crippen LogP contribution is 2.21. The minimum atomic E-state index is -1.06. The van der Waals surface area contributed by atoms with Gasteiger partial charge in [0, 0.05) is 17.7 Å². The van der Waals surface area contributed by atoms with Gasteiger partial charge in [0.1, 0.15) is 5.82 Å². The molecule has 0 radical (unpaired) electrons. The van der Waals surface area contributed by atoms with Gasteiger partial charge in [0.05, 0.1) is 37.6 Å². The zero-order valence-corrected chi connectivity index (χ0v) is 12.5. The Morgan fingerprint density at radius 3 is 3.13 bits per heavy atom. The number of fused-ring (bicyclic) bond motifs is 1. The Kier molecular flexibility index (Phi) is 4.64. The SMILES string of the molecule is O=C(CC(O)c1cccc(F)c1)Nc1cnc2c(c1)COCC2. The third kappa shape index (κ3) is 3.91. The number of aliphatic hydroxyl groups is 1. The molecule has 1 aliphatic heterocycles. The fourth-order valence-corrected chi connectivity index (χ4v) is 2.53. The van der Waals surface area contributed by atoms with Gasteiger partial charge in [-0.3, -0.25) is 9.78 Å². The number of aliphatic hydroxyl groups excluding tert-OH is 1. The number of nitrogens with zero attached hydrogens (tertiary/aromatic N) is 1. The first-order valence-electron chi connectivity index (χ1n) is 7.41. The third-order valence-electron chi connectivity index (χ3n) is 3.70. The summed E-state index contributed by atoms with van der Waals surface area (Å²) in [6.45, 7) is 1.14. The molecule has 6 heteroatoms. The largest absolute Gasteiger partial charge is 0.388 e. The number of halogens is 1. The fourth-order valence-electron chi connectivity index (χ4n) is 2.53. The predicted molar refractivity (Wildman–Crippen MR) is 82.2 cm³/mol. The second-order valence-corrected chi connectivity index (χ2v) is 5.46. The molecule has 0 saturated heterocycles. The molecule has 2 N–H and O–H groups in total. The van der Waals surface area contributed by atoms with E-state index in [-0.39, 0.29) is 12.3 Å². The number of aromatic nitrogens is 1. The van der Waals surface area contributed by atoms with E-state index in [2.05, 4.69) is 10.3 Å². The Morgan fingerprint density at radius 1 is 1.43 bits per heavy atom. The fraction of sp³-hybridized carbons (Fsp3) is 0.294. The van der Waals surface area contributed by atoms with Gasteiger partial charge >= 0.3 is 0 Å². The molecular formula is C17H17FN2O3. The summed E-state index contributed by atoms with van der Waals surface area (Å²) < 4.78 is 18.5. The van der Waals surface area contributed by atoms with Crippen LogP contribution in [0.1, 0.15) is 29.3 Å². The number of hydrogen-bond acceptors (Lipinski definition) is 4. The molecule has 1 aromatic heterocycles. The highest BCUT2D eigenvalue weighted by atomic mass is 19.1. The Hall–Kier alpha value is -2.31. The third-order valence-corrected chi connectivity index (χ3v) is 3.70. The Balaban J connectivity index is 1.63. The van der Waals surface area contributed by atoms with Crippen LogP contribution < -0.4 is 5.32 Å². The molecule has 0 aliphatic carbocycles. The van der Waals surface area contributed by atoms with E-state index < -0.39 is 11.9 Å². The number of carbonyl (C=O) groups is 1. The van der Waals surface area contributed by atoms with Crippen LogP contribution in [0, 0.1) is 5.82 Å². The first-order valence-corrected chi connectivity index (χ1v) is 7.41. The summed E-state index contributed by atoms with van der Waals surface area (Å²) in [5.41, 5.74) is 2.87. The second kappa shape index (κ2) is 6.85. The Morgan fingerprint density at radius 2 is 2.30 bits per heavy atom. The minimum absolute atomic E-state index is 0.156. The van der Waals surface area contributed by atoms with Crippen LogP contribution in [-0.2, 0) is 22.6 Å². The predicted octanol–water partition coefficient (Wildman–Crippen LogP) is 2.36. The van der Waals surface area contributed by atoms with Gasteiger partial charge in [-0.1, -0.05) is 12.1 Å². The van der Waals surface area contributed by atoms with Crippen LogP contribution in [0.3, 0.4) is 0 Å². The van der Waals surface area contributed by atoms with Crippen LogP contribution >= 0.6 is 0 Å². The van der Waals surface area contributed by atoms with E-state index in [1.54, 1.807) is 12.3 Å². The number of amides is 1. The first kappa shape index (κ1) is 15.6. The van der Waals surface area contributed by atoms with Crippen molar-refractivity contribution in [3.8, 4) is 0 Å². The maximum atomic E-state index is 13.1. The Bertz CT molecular complexity index is 721. The van der Waals surface area contributed by atoms with E-state index in [9.17, 15) is 14.3 Å². The molecule has 1 unspecified atom stereocenters. The molecular weight excluding hydrogens is 299 g/mol. The highest BCUT2D eigenvalue weighted by molar-refractivity contribution is 5.91. The van der Waals surface area contributed by atoms with Gasteiger partial charge in [-0.05, 0) is 23.8 Å². The van der Waals surface area contributed by atoms with Gasteiger partial charge in [-0.15, -0.1) is 0 Å². The van der Waals surface area contributed by atoms with Crippen molar-refractivity contribution in [1.29, 1.82) is 0 Å². The van der Waals surface area contributed by atoms with Gasteiger partial charge in [0.15, 0.2) is 0 Å². The Labute approximate surface area is 133 Å². The summed E-state index contributed by atoms with van der Waals surface area (Å²) in [5, 5.41) is 12.7. The zero-order chi connectivity index (χ0) is 16.2. The van der Waals surface area contributed by atoms with E-state index in [1.807, 2.05) is 6.07 Å². The highest BCUT2D eigenvalue weighted by Gasteiger charge is 2.16. The molecule has 120 valence electrons. The molecule has 23 heavy (non-hydrogen) atoms. The van der Waals surface area contributed by atoms with Crippen molar-refractivity contribution in [3.63, 3.8) is 0 Å². The molecule has 0 bridgehead atoms. The van der Waals surface area contributed by atoms with Crippen LogP contribution in [0.4, 0.5) is 10.1 Å². The molecule has 0 saturated carbocycles. The summed E-state index contributed by atoms with van der Waals surface area (Å²) in [7, 11) is 0. The van der Waals surface area contributed by atoms with E-state index in [0.29, 0.717) is 24.5 Å². The molecule has 1 atom stereocenters. The summed E-state index contributed by atoms with van der Waals surface area (Å²) in [4.78, 5) is 16.3.